The summed E-state index contributed by atoms with van der Waals surface area (Å²) >= 11 is 0. The molecular formula is C16H18FN3O3S. The summed E-state index contributed by atoms with van der Waals surface area (Å²) < 4.78 is 40.0. The number of amides is 1. The van der Waals surface area contributed by atoms with E-state index in [1.54, 1.807) is 30.3 Å². The van der Waals surface area contributed by atoms with Crippen molar-refractivity contribution in [2.24, 2.45) is 0 Å². The lowest BCUT2D eigenvalue weighted by Gasteiger charge is -2.34. The highest BCUT2D eigenvalue weighted by molar-refractivity contribution is 7.89. The quantitative estimate of drug-likeness (QED) is 0.913. The number of sulfonamides is 1. The van der Waals surface area contributed by atoms with Crippen LogP contribution in [0.1, 0.15) is 15.9 Å². The molecule has 128 valence electrons. The third-order valence-corrected chi connectivity index (χ3v) is 6.18. The van der Waals surface area contributed by atoms with E-state index in [-0.39, 0.29) is 23.9 Å². The van der Waals surface area contributed by atoms with Crippen LogP contribution in [-0.2, 0) is 10.0 Å². The lowest BCUT2D eigenvalue weighted by Crippen LogP contribution is -2.50. The van der Waals surface area contributed by atoms with Crippen LogP contribution in [0.5, 0.6) is 0 Å². The highest BCUT2D eigenvalue weighted by Gasteiger charge is 2.31. The summed E-state index contributed by atoms with van der Waals surface area (Å²) in [5.41, 5.74) is 0.932. The number of aryl methyl sites for hydroxylation is 1. The van der Waals surface area contributed by atoms with E-state index in [1.165, 1.54) is 16.4 Å². The van der Waals surface area contributed by atoms with Crippen LogP contribution in [0.3, 0.4) is 0 Å². The smallest absolute Gasteiger partial charge is 0.255 e. The first-order valence-corrected chi connectivity index (χ1v) is 9.02. The fraction of sp³-hybridized carbons (Fsp3) is 0.312. The van der Waals surface area contributed by atoms with Gasteiger partial charge in [0.05, 0.1) is 10.5 Å². The second kappa shape index (κ2) is 6.37. The first kappa shape index (κ1) is 16.7. The Balaban J connectivity index is 1.73. The molecule has 1 fully saturated rings. The Bertz CT molecular complexity index is 841. The minimum Gasteiger partial charge on any atom is -0.367 e. The van der Waals surface area contributed by atoms with Crippen molar-refractivity contribution in [1.82, 2.24) is 14.2 Å². The number of carbonyl (C=O) groups is 1. The van der Waals surface area contributed by atoms with Gasteiger partial charge in [-0.15, -0.1) is 0 Å². The van der Waals surface area contributed by atoms with Gasteiger partial charge in [-0.3, -0.25) is 4.79 Å². The van der Waals surface area contributed by atoms with Gasteiger partial charge in [0.15, 0.2) is 0 Å². The Hall–Kier alpha value is -2.19. The van der Waals surface area contributed by atoms with E-state index in [4.69, 9.17) is 0 Å². The predicted molar refractivity (Wildman–Crippen MR) is 86.6 cm³/mol. The first-order chi connectivity index (χ1) is 11.4. The summed E-state index contributed by atoms with van der Waals surface area (Å²) in [5.74, 6) is -0.584. The summed E-state index contributed by atoms with van der Waals surface area (Å²) in [5, 5.41) is 0. The third-order valence-electron chi connectivity index (χ3n) is 4.13. The summed E-state index contributed by atoms with van der Waals surface area (Å²) in [6, 6.07) is 5.33. The van der Waals surface area contributed by atoms with E-state index in [9.17, 15) is 17.6 Å². The molecular weight excluding hydrogens is 333 g/mol. The van der Waals surface area contributed by atoms with E-state index >= 15 is 0 Å². The number of aromatic nitrogens is 1. The van der Waals surface area contributed by atoms with Crippen LogP contribution in [-0.4, -0.2) is 54.7 Å². The number of rotatable bonds is 3. The number of halogens is 1. The molecule has 2 aromatic rings. The van der Waals surface area contributed by atoms with Crippen molar-refractivity contribution >= 4 is 15.9 Å². The van der Waals surface area contributed by atoms with Crippen LogP contribution in [0.15, 0.2) is 41.6 Å². The van der Waals surface area contributed by atoms with Crippen molar-refractivity contribution in [3.8, 4) is 0 Å². The molecule has 0 radical (unpaired) electrons. The topological polar surface area (TPSA) is 73.5 Å². The second-order valence-electron chi connectivity index (χ2n) is 5.71. The van der Waals surface area contributed by atoms with Crippen molar-refractivity contribution in [2.75, 3.05) is 26.2 Å². The number of aromatic amines is 1. The molecule has 1 aliphatic rings. The number of nitrogens with one attached hydrogen (secondary N) is 1. The van der Waals surface area contributed by atoms with Crippen LogP contribution in [0.2, 0.25) is 0 Å². The molecule has 0 saturated carbocycles. The molecule has 1 aliphatic heterocycles. The van der Waals surface area contributed by atoms with Crippen molar-refractivity contribution in [3.63, 3.8) is 0 Å². The van der Waals surface area contributed by atoms with Crippen molar-refractivity contribution in [3.05, 3.63) is 53.6 Å². The Morgan fingerprint density at radius 2 is 1.88 bits per heavy atom. The predicted octanol–water partition coefficient (Wildman–Crippen LogP) is 1.61. The standard InChI is InChI=1S/C16H18FN3O3S/c1-12-10-14(17)2-3-15(12)24(22,23)20-8-6-19(7-9-20)16(21)13-4-5-18-11-13/h2-5,10-11,18H,6-9H2,1H3. The molecule has 1 N–H and O–H groups in total. The summed E-state index contributed by atoms with van der Waals surface area (Å²) in [6.45, 7) is 2.65. The van der Waals surface area contributed by atoms with E-state index in [1.807, 2.05) is 0 Å². The molecule has 6 nitrogen and oxygen atoms in total. The van der Waals surface area contributed by atoms with Crippen molar-refractivity contribution in [1.29, 1.82) is 0 Å². The number of hydrogen-bond donors (Lipinski definition) is 1. The summed E-state index contributed by atoms with van der Waals surface area (Å²) in [4.78, 5) is 16.8. The maximum absolute atomic E-state index is 13.2. The monoisotopic (exact) mass is 351 g/mol. The first-order valence-electron chi connectivity index (χ1n) is 7.58. The van der Waals surface area contributed by atoms with Gasteiger partial charge >= 0.3 is 0 Å². The number of benzene rings is 1. The molecule has 24 heavy (non-hydrogen) atoms. The van der Waals surface area contributed by atoms with Gasteiger partial charge in [-0.05, 0) is 36.8 Å². The molecule has 1 aromatic heterocycles. The SMILES string of the molecule is Cc1cc(F)ccc1S(=O)(=O)N1CCN(C(=O)c2cc[nH]c2)CC1. The van der Waals surface area contributed by atoms with Crippen LogP contribution in [0.25, 0.3) is 0 Å². The maximum atomic E-state index is 13.2. The molecule has 0 spiro atoms. The molecule has 1 amide bonds. The maximum Gasteiger partial charge on any atom is 0.255 e. The van der Waals surface area contributed by atoms with Crippen LogP contribution >= 0.6 is 0 Å². The zero-order valence-corrected chi connectivity index (χ0v) is 14.0. The van der Waals surface area contributed by atoms with E-state index in [0.29, 0.717) is 24.2 Å². The Labute approximate surface area is 139 Å². The van der Waals surface area contributed by atoms with Crippen LogP contribution in [0, 0.1) is 12.7 Å². The average Bonchev–Trinajstić information content (AvgIpc) is 3.08. The van der Waals surface area contributed by atoms with E-state index in [0.717, 1.165) is 6.07 Å². The number of piperazine rings is 1. The van der Waals surface area contributed by atoms with Gasteiger partial charge in [-0.1, -0.05) is 0 Å². The van der Waals surface area contributed by atoms with Gasteiger partial charge in [0.1, 0.15) is 5.82 Å². The zero-order chi connectivity index (χ0) is 17.3. The summed E-state index contributed by atoms with van der Waals surface area (Å²) in [6.07, 6.45) is 3.29. The largest absolute Gasteiger partial charge is 0.367 e. The second-order valence-corrected chi connectivity index (χ2v) is 7.61. The van der Waals surface area contributed by atoms with Gasteiger partial charge in [0.25, 0.3) is 5.91 Å². The molecule has 2 heterocycles. The molecule has 0 unspecified atom stereocenters. The fourth-order valence-electron chi connectivity index (χ4n) is 2.81. The van der Waals surface area contributed by atoms with Gasteiger partial charge < -0.3 is 9.88 Å². The third kappa shape index (κ3) is 3.07. The fourth-order valence-corrected chi connectivity index (χ4v) is 4.44. The molecule has 0 bridgehead atoms. The minimum atomic E-state index is -3.69. The lowest BCUT2D eigenvalue weighted by molar-refractivity contribution is 0.0698. The van der Waals surface area contributed by atoms with Gasteiger partial charge in [0, 0.05) is 38.6 Å². The Morgan fingerprint density at radius 3 is 2.46 bits per heavy atom. The molecule has 0 aliphatic carbocycles. The van der Waals surface area contributed by atoms with Gasteiger partial charge in [-0.25, -0.2) is 12.8 Å². The number of hydrogen-bond acceptors (Lipinski definition) is 3. The normalized spacial score (nSPS) is 16.3. The van der Waals surface area contributed by atoms with Crippen molar-refractivity contribution in [2.45, 2.75) is 11.8 Å². The van der Waals surface area contributed by atoms with E-state index < -0.39 is 15.8 Å². The molecule has 1 saturated heterocycles. The van der Waals surface area contributed by atoms with Gasteiger partial charge in [0.2, 0.25) is 10.0 Å². The van der Waals surface area contributed by atoms with Gasteiger partial charge in [-0.2, -0.15) is 4.31 Å². The highest BCUT2D eigenvalue weighted by Crippen LogP contribution is 2.22. The van der Waals surface area contributed by atoms with Crippen LogP contribution in [0.4, 0.5) is 4.39 Å². The number of H-pyrrole nitrogens is 1. The number of carbonyl (C=O) groups excluding carboxylic acids is 1. The Morgan fingerprint density at radius 1 is 1.17 bits per heavy atom. The molecule has 1 aromatic carbocycles. The summed E-state index contributed by atoms with van der Waals surface area (Å²) in [7, 11) is -3.69. The number of nitrogens with zero attached hydrogens (tertiary/aromatic N) is 2. The van der Waals surface area contributed by atoms with Crippen LogP contribution < -0.4 is 0 Å². The van der Waals surface area contributed by atoms with E-state index in [2.05, 4.69) is 4.98 Å². The lowest BCUT2D eigenvalue weighted by atomic mass is 10.2. The van der Waals surface area contributed by atoms with Crippen molar-refractivity contribution < 1.29 is 17.6 Å². The minimum absolute atomic E-state index is 0.106. The molecule has 8 heteroatoms. The molecule has 0 atom stereocenters. The Kier molecular flexibility index (Phi) is 4.42. The molecule has 3 rings (SSSR count). The zero-order valence-electron chi connectivity index (χ0n) is 13.2. The highest BCUT2D eigenvalue weighted by atomic mass is 32.2. The average molecular weight is 351 g/mol.